The third kappa shape index (κ3) is 4.67. The Balaban J connectivity index is 0.00000225. The van der Waals surface area contributed by atoms with Crippen LogP contribution in [0.1, 0.15) is 19.4 Å². The zero-order valence-electron chi connectivity index (χ0n) is 9.43. The van der Waals surface area contributed by atoms with Crippen molar-refractivity contribution in [1.29, 1.82) is 0 Å². The Hall–Kier alpha value is -0.340. The van der Waals surface area contributed by atoms with Crippen LogP contribution in [-0.4, -0.2) is 24.2 Å². The number of hydrogen-bond donors (Lipinski definition) is 3. The summed E-state index contributed by atoms with van der Waals surface area (Å²) in [6.45, 7) is 4.68. The molecule has 0 aromatic carbocycles. The molecule has 0 saturated carbocycles. The molecule has 0 aliphatic carbocycles. The van der Waals surface area contributed by atoms with Gasteiger partial charge in [-0.05, 0) is 36.2 Å². The van der Waals surface area contributed by atoms with E-state index in [9.17, 15) is 5.11 Å². The number of nitrogens with one attached hydrogen (secondary N) is 1. The van der Waals surface area contributed by atoms with Crippen molar-refractivity contribution in [3.05, 3.63) is 22.4 Å². The number of nitrogens with two attached hydrogens (primary N) is 1. The number of halogens is 1. The summed E-state index contributed by atoms with van der Waals surface area (Å²) >= 11 is 1.56. The second-order valence-electron chi connectivity index (χ2n) is 3.52. The van der Waals surface area contributed by atoms with E-state index >= 15 is 0 Å². The second kappa shape index (κ2) is 7.08. The number of rotatable bonds is 4. The first-order chi connectivity index (χ1) is 7.06. The Morgan fingerprint density at radius 2 is 2.38 bits per heavy atom. The normalized spacial score (nSPS) is 15.1. The molecule has 0 aliphatic rings. The number of guanidine groups is 1. The third-order valence-corrected chi connectivity index (χ3v) is 2.74. The Morgan fingerprint density at radius 1 is 1.69 bits per heavy atom. The molecule has 0 bridgehead atoms. The zero-order chi connectivity index (χ0) is 11.3. The maximum atomic E-state index is 10.1. The molecule has 1 aromatic heterocycles. The zero-order valence-corrected chi connectivity index (χ0v) is 12.6. The molecule has 92 valence electrons. The molecule has 1 aromatic rings. The van der Waals surface area contributed by atoms with E-state index in [4.69, 9.17) is 5.73 Å². The minimum absolute atomic E-state index is 0. The maximum Gasteiger partial charge on any atom is 0.188 e. The van der Waals surface area contributed by atoms with Crippen LogP contribution in [0.15, 0.2) is 21.8 Å². The van der Waals surface area contributed by atoms with Crippen molar-refractivity contribution in [3.63, 3.8) is 0 Å². The molecule has 6 heteroatoms. The molecule has 0 aliphatic heterocycles. The summed E-state index contributed by atoms with van der Waals surface area (Å²) in [5.74, 6) is 0.369. The van der Waals surface area contributed by atoms with Crippen molar-refractivity contribution < 1.29 is 5.11 Å². The number of thiophene rings is 1. The summed E-state index contributed by atoms with van der Waals surface area (Å²) in [5, 5.41) is 16.8. The van der Waals surface area contributed by atoms with E-state index in [-0.39, 0.29) is 30.5 Å². The van der Waals surface area contributed by atoms with Crippen LogP contribution >= 0.6 is 35.3 Å². The fourth-order valence-corrected chi connectivity index (χ4v) is 1.92. The fourth-order valence-electron chi connectivity index (χ4n) is 1.14. The van der Waals surface area contributed by atoms with Gasteiger partial charge in [0.2, 0.25) is 0 Å². The van der Waals surface area contributed by atoms with Gasteiger partial charge in [0.25, 0.3) is 0 Å². The molecule has 0 saturated heterocycles. The summed E-state index contributed by atoms with van der Waals surface area (Å²) in [7, 11) is 0. The lowest BCUT2D eigenvalue weighted by atomic mass is 10.00. The Labute approximate surface area is 117 Å². The molecule has 1 atom stereocenters. The maximum absolute atomic E-state index is 10.1. The summed E-state index contributed by atoms with van der Waals surface area (Å²) in [6.07, 6.45) is 0. The molecule has 0 fully saturated rings. The molecular formula is C10H18IN3OS. The minimum atomic E-state index is -0.944. The van der Waals surface area contributed by atoms with Gasteiger partial charge in [-0.25, -0.2) is 0 Å². The van der Waals surface area contributed by atoms with Crippen LogP contribution in [-0.2, 0) is 5.60 Å². The van der Waals surface area contributed by atoms with Crippen molar-refractivity contribution in [2.24, 2.45) is 10.7 Å². The summed E-state index contributed by atoms with van der Waals surface area (Å²) in [4.78, 5) is 4.08. The Kier molecular flexibility index (Phi) is 6.93. The van der Waals surface area contributed by atoms with E-state index in [0.717, 1.165) is 12.1 Å². The summed E-state index contributed by atoms with van der Waals surface area (Å²) in [6, 6.07) is 1.89. The first kappa shape index (κ1) is 15.7. The van der Waals surface area contributed by atoms with Gasteiger partial charge in [-0.1, -0.05) is 0 Å². The van der Waals surface area contributed by atoms with Crippen molar-refractivity contribution in [3.8, 4) is 0 Å². The molecule has 1 unspecified atom stereocenters. The van der Waals surface area contributed by atoms with Gasteiger partial charge in [0, 0.05) is 6.54 Å². The Bertz CT molecular complexity index is 325. The van der Waals surface area contributed by atoms with Crippen LogP contribution in [0.3, 0.4) is 0 Å². The molecule has 0 amide bonds. The van der Waals surface area contributed by atoms with Gasteiger partial charge in [-0.3, -0.25) is 4.99 Å². The van der Waals surface area contributed by atoms with Crippen LogP contribution in [0.25, 0.3) is 0 Å². The molecule has 0 radical (unpaired) electrons. The third-order valence-electron chi connectivity index (χ3n) is 2.06. The van der Waals surface area contributed by atoms with Crippen LogP contribution in [0.4, 0.5) is 0 Å². The topological polar surface area (TPSA) is 70.6 Å². The highest BCUT2D eigenvalue weighted by Gasteiger charge is 2.22. The van der Waals surface area contributed by atoms with Gasteiger partial charge in [0.1, 0.15) is 5.60 Å². The van der Waals surface area contributed by atoms with E-state index in [1.54, 1.807) is 18.3 Å². The van der Waals surface area contributed by atoms with Gasteiger partial charge in [0.05, 0.1) is 6.54 Å². The quantitative estimate of drug-likeness (QED) is 0.436. The lowest BCUT2D eigenvalue weighted by Crippen LogP contribution is -2.34. The van der Waals surface area contributed by atoms with E-state index in [1.807, 2.05) is 23.8 Å². The molecule has 4 nitrogen and oxygen atoms in total. The predicted molar refractivity (Wildman–Crippen MR) is 79.5 cm³/mol. The average molecular weight is 355 g/mol. The standard InChI is InChI=1S/C10H17N3OS.HI/c1-3-12-9(11)13-7-10(2,14)8-4-5-15-6-8;/h4-6,14H,3,7H2,1-2H3,(H3,11,12,13);1H. The summed E-state index contributed by atoms with van der Waals surface area (Å²) in [5.41, 5.74) is 5.51. The van der Waals surface area contributed by atoms with Crippen molar-refractivity contribution >= 4 is 41.3 Å². The highest BCUT2D eigenvalue weighted by Crippen LogP contribution is 2.22. The van der Waals surface area contributed by atoms with Gasteiger partial charge in [-0.2, -0.15) is 11.3 Å². The largest absolute Gasteiger partial charge is 0.383 e. The van der Waals surface area contributed by atoms with Crippen molar-refractivity contribution in [2.45, 2.75) is 19.4 Å². The first-order valence-electron chi connectivity index (χ1n) is 4.85. The number of nitrogens with zero attached hydrogens (tertiary/aromatic N) is 1. The van der Waals surface area contributed by atoms with Gasteiger partial charge in [0.15, 0.2) is 5.96 Å². The van der Waals surface area contributed by atoms with E-state index in [0.29, 0.717) is 5.96 Å². The summed E-state index contributed by atoms with van der Waals surface area (Å²) < 4.78 is 0. The SMILES string of the molecule is CCNC(N)=NCC(C)(O)c1ccsc1.I. The smallest absolute Gasteiger partial charge is 0.188 e. The van der Waals surface area contributed by atoms with Crippen molar-refractivity contribution in [1.82, 2.24) is 5.32 Å². The van der Waals surface area contributed by atoms with Gasteiger partial charge >= 0.3 is 0 Å². The highest BCUT2D eigenvalue weighted by atomic mass is 127. The fraction of sp³-hybridized carbons (Fsp3) is 0.500. The highest BCUT2D eigenvalue weighted by molar-refractivity contribution is 14.0. The first-order valence-corrected chi connectivity index (χ1v) is 5.79. The average Bonchev–Trinajstić information content (AvgIpc) is 2.69. The van der Waals surface area contributed by atoms with Crippen LogP contribution < -0.4 is 11.1 Å². The number of hydrogen-bond acceptors (Lipinski definition) is 3. The monoisotopic (exact) mass is 355 g/mol. The lowest BCUT2D eigenvalue weighted by molar-refractivity contribution is 0.0678. The van der Waals surface area contributed by atoms with E-state index in [1.165, 1.54) is 0 Å². The van der Waals surface area contributed by atoms with E-state index in [2.05, 4.69) is 10.3 Å². The van der Waals surface area contributed by atoms with Crippen LogP contribution in [0, 0.1) is 0 Å². The molecule has 4 N–H and O–H groups in total. The van der Waals surface area contributed by atoms with Crippen LogP contribution in [0.2, 0.25) is 0 Å². The van der Waals surface area contributed by atoms with Gasteiger partial charge in [-0.15, -0.1) is 24.0 Å². The van der Waals surface area contributed by atoms with E-state index < -0.39 is 5.60 Å². The number of aliphatic imine (C=N–C) groups is 1. The Morgan fingerprint density at radius 3 is 2.88 bits per heavy atom. The van der Waals surface area contributed by atoms with Crippen LogP contribution in [0.5, 0.6) is 0 Å². The molecular weight excluding hydrogens is 337 g/mol. The molecule has 16 heavy (non-hydrogen) atoms. The molecule has 1 rings (SSSR count). The lowest BCUT2D eigenvalue weighted by Gasteiger charge is -2.20. The second-order valence-corrected chi connectivity index (χ2v) is 4.30. The molecule has 1 heterocycles. The van der Waals surface area contributed by atoms with Gasteiger partial charge < -0.3 is 16.2 Å². The predicted octanol–water partition coefficient (Wildman–Crippen LogP) is 1.50. The minimum Gasteiger partial charge on any atom is -0.383 e. The number of aliphatic hydroxyl groups is 1. The molecule has 0 spiro atoms. The van der Waals surface area contributed by atoms with Crippen molar-refractivity contribution in [2.75, 3.05) is 13.1 Å².